The number of rotatable bonds is 5. The molecule has 0 N–H and O–H groups in total. The first-order chi connectivity index (χ1) is 12.0. The van der Waals surface area contributed by atoms with Gasteiger partial charge in [0.1, 0.15) is 5.30 Å². The minimum absolute atomic E-state index is 0.0852. The van der Waals surface area contributed by atoms with Gasteiger partial charge in [-0.3, -0.25) is 14.7 Å². The lowest BCUT2D eigenvalue weighted by atomic mass is 10.2. The Balaban J connectivity index is 2.44. The number of alkyl halides is 3. The largest absolute Gasteiger partial charge is 0.416 e. The van der Waals surface area contributed by atoms with Gasteiger partial charge in [0.05, 0.1) is 15.5 Å². The van der Waals surface area contributed by atoms with Gasteiger partial charge in [0.25, 0.3) is 5.69 Å². The molecule has 11 heteroatoms. The summed E-state index contributed by atoms with van der Waals surface area (Å²) in [6.07, 6.45) is -4.51. The predicted octanol–water partition coefficient (Wildman–Crippen LogP) is 5.60. The highest BCUT2D eigenvalue weighted by Crippen LogP contribution is 2.45. The van der Waals surface area contributed by atoms with E-state index >= 15 is 0 Å². The quantitative estimate of drug-likeness (QED) is 0.354. The zero-order chi connectivity index (χ0) is 19.7. The highest BCUT2D eigenvalue weighted by atomic mass is 35.5. The summed E-state index contributed by atoms with van der Waals surface area (Å²) in [5, 5.41) is 10.9. The van der Waals surface area contributed by atoms with E-state index < -0.39 is 24.0 Å². The van der Waals surface area contributed by atoms with Crippen molar-refractivity contribution in [2.45, 2.75) is 16.0 Å². The molecule has 2 aromatic carbocycles. The van der Waals surface area contributed by atoms with Gasteiger partial charge in [-0.1, -0.05) is 23.4 Å². The first-order valence-electron chi connectivity index (χ1n) is 6.92. The molecular weight excluding hydrogens is 414 g/mol. The molecule has 0 saturated carbocycles. The van der Waals surface area contributed by atoms with Crippen LogP contribution in [0.4, 0.5) is 18.9 Å². The average Bonchev–Trinajstić information content (AvgIpc) is 2.55. The molecule has 0 aliphatic rings. The van der Waals surface area contributed by atoms with Gasteiger partial charge in [-0.05, 0) is 30.3 Å². The first-order valence-corrected chi connectivity index (χ1v) is 10.2. The van der Waals surface area contributed by atoms with Crippen LogP contribution in [0.3, 0.4) is 0 Å². The Hall–Kier alpha value is -1.54. The molecule has 0 fully saturated rings. The normalized spacial score (nSPS) is 14.1. The summed E-state index contributed by atoms with van der Waals surface area (Å²) in [4.78, 5) is 11.2. The predicted molar refractivity (Wildman–Crippen MR) is 93.8 cm³/mol. The Morgan fingerprint density at radius 1 is 1.23 bits per heavy atom. The fourth-order valence-corrected chi connectivity index (χ4v) is 4.42. The van der Waals surface area contributed by atoms with E-state index in [0.29, 0.717) is 9.79 Å². The minimum Gasteiger partial charge on any atom is -0.329 e. The molecule has 0 radical (unpaired) electrons. The van der Waals surface area contributed by atoms with Crippen LogP contribution in [0.1, 0.15) is 5.56 Å². The van der Waals surface area contributed by atoms with Crippen molar-refractivity contribution in [3.63, 3.8) is 0 Å². The van der Waals surface area contributed by atoms with Gasteiger partial charge in [0, 0.05) is 29.6 Å². The molecule has 1 atom stereocenters. The third-order valence-electron chi connectivity index (χ3n) is 3.42. The molecule has 1 unspecified atom stereocenters. The fraction of sp³-hybridized carbons (Fsp3) is 0.200. The van der Waals surface area contributed by atoms with Gasteiger partial charge in [-0.2, -0.15) is 13.2 Å². The van der Waals surface area contributed by atoms with E-state index in [9.17, 15) is 27.9 Å². The Morgan fingerprint density at radius 2 is 1.88 bits per heavy atom. The van der Waals surface area contributed by atoms with Crippen LogP contribution >= 0.6 is 30.7 Å². The van der Waals surface area contributed by atoms with Crippen LogP contribution in [0.15, 0.2) is 46.2 Å². The van der Waals surface area contributed by atoms with E-state index in [4.69, 9.17) is 16.1 Å². The summed E-state index contributed by atoms with van der Waals surface area (Å²) in [5.74, 6) is 0. The lowest BCUT2D eigenvalue weighted by Crippen LogP contribution is -2.11. The van der Waals surface area contributed by atoms with Crippen molar-refractivity contribution < 1.29 is 27.2 Å². The second-order valence-corrected chi connectivity index (χ2v) is 9.24. The molecule has 26 heavy (non-hydrogen) atoms. The third kappa shape index (κ3) is 4.59. The Bertz CT molecular complexity index is 907. The molecule has 2 aromatic rings. The second kappa shape index (κ2) is 7.60. The van der Waals surface area contributed by atoms with Crippen LogP contribution in [0.25, 0.3) is 0 Å². The van der Waals surface area contributed by atoms with Gasteiger partial charge in [0.2, 0.25) is 7.37 Å². The number of halogens is 4. The maximum atomic E-state index is 12.7. The Morgan fingerprint density at radius 3 is 2.38 bits per heavy atom. The van der Waals surface area contributed by atoms with Gasteiger partial charge >= 0.3 is 6.18 Å². The van der Waals surface area contributed by atoms with E-state index in [1.807, 2.05) is 0 Å². The van der Waals surface area contributed by atoms with Crippen LogP contribution in [-0.4, -0.2) is 18.7 Å². The van der Waals surface area contributed by atoms with Gasteiger partial charge < -0.3 is 4.52 Å². The maximum Gasteiger partial charge on any atom is 0.416 e. The zero-order valence-corrected chi connectivity index (χ0v) is 15.9. The molecule has 140 valence electrons. The summed E-state index contributed by atoms with van der Waals surface area (Å²) in [5.41, 5.74) is -1.24. The van der Waals surface area contributed by atoms with Crippen molar-refractivity contribution in [1.82, 2.24) is 0 Å². The van der Waals surface area contributed by atoms with Crippen LogP contribution in [0.5, 0.6) is 0 Å². The number of nitro benzene ring substituents is 1. The molecule has 5 nitrogen and oxygen atoms in total. The number of hydrogen-bond acceptors (Lipinski definition) is 5. The van der Waals surface area contributed by atoms with Crippen LogP contribution < -0.4 is 5.30 Å². The Labute approximate surface area is 156 Å². The van der Waals surface area contributed by atoms with Crippen molar-refractivity contribution in [3.05, 3.63) is 57.1 Å². The number of nitrogens with zero attached hydrogens (tertiary/aromatic N) is 1. The second-order valence-electron chi connectivity index (χ2n) is 5.18. The SMILES string of the molecule is COP(C)(=O)c1cc(Sc2ccc(C(F)(F)F)cc2Cl)ccc1[N+](=O)[O-]. The summed E-state index contributed by atoms with van der Waals surface area (Å²) in [6, 6.07) is 6.79. The number of hydrogen-bond donors (Lipinski definition) is 0. The molecule has 0 aromatic heterocycles. The van der Waals surface area contributed by atoms with Crippen LogP contribution in [0.2, 0.25) is 5.02 Å². The Kier molecular flexibility index (Phi) is 6.07. The smallest absolute Gasteiger partial charge is 0.329 e. The highest BCUT2D eigenvalue weighted by Gasteiger charge is 2.31. The van der Waals surface area contributed by atoms with E-state index in [1.165, 1.54) is 38.0 Å². The summed E-state index contributed by atoms with van der Waals surface area (Å²) >= 11 is 6.91. The monoisotopic (exact) mass is 425 g/mol. The van der Waals surface area contributed by atoms with Gasteiger partial charge in [0.15, 0.2) is 0 Å². The molecule has 2 rings (SSSR count). The third-order valence-corrected chi connectivity index (χ3v) is 6.84. The maximum absolute atomic E-state index is 12.7. The molecule has 0 saturated heterocycles. The van der Waals surface area contributed by atoms with Gasteiger partial charge in [-0.25, -0.2) is 0 Å². The average molecular weight is 426 g/mol. The van der Waals surface area contributed by atoms with E-state index in [2.05, 4.69) is 0 Å². The molecule has 0 amide bonds. The fourth-order valence-electron chi connectivity index (χ4n) is 2.03. The standard InChI is InChI=1S/C15H12ClF3NO4PS/c1-24-25(2,23)13-8-10(4-5-12(13)20(21)22)26-14-6-3-9(7-11(14)16)15(17,18)19/h3-8H,1-2H3. The number of benzene rings is 2. The highest BCUT2D eigenvalue weighted by molar-refractivity contribution is 7.99. The molecule has 0 heterocycles. The molecule has 0 spiro atoms. The van der Waals surface area contributed by atoms with Crippen molar-refractivity contribution >= 4 is 41.7 Å². The van der Waals surface area contributed by atoms with Crippen molar-refractivity contribution in [2.75, 3.05) is 13.8 Å². The van der Waals surface area contributed by atoms with Crippen LogP contribution in [-0.2, 0) is 15.3 Å². The number of nitro groups is 1. The molecule has 0 aliphatic heterocycles. The summed E-state index contributed by atoms with van der Waals surface area (Å²) < 4.78 is 55.4. The van der Waals surface area contributed by atoms with Gasteiger partial charge in [-0.15, -0.1) is 0 Å². The van der Waals surface area contributed by atoms with E-state index in [0.717, 1.165) is 23.9 Å². The zero-order valence-electron chi connectivity index (χ0n) is 13.4. The first kappa shape index (κ1) is 20.8. The lowest BCUT2D eigenvalue weighted by molar-refractivity contribution is -0.383. The van der Waals surface area contributed by atoms with E-state index in [1.54, 1.807) is 0 Å². The van der Waals surface area contributed by atoms with Crippen LogP contribution in [0, 0.1) is 10.1 Å². The minimum atomic E-state index is -4.51. The van der Waals surface area contributed by atoms with Crippen molar-refractivity contribution in [2.24, 2.45) is 0 Å². The summed E-state index contributed by atoms with van der Waals surface area (Å²) in [6.45, 7) is 1.24. The van der Waals surface area contributed by atoms with E-state index in [-0.39, 0.29) is 16.0 Å². The van der Waals surface area contributed by atoms with Crippen molar-refractivity contribution in [3.8, 4) is 0 Å². The summed E-state index contributed by atoms with van der Waals surface area (Å²) in [7, 11) is -2.25. The topological polar surface area (TPSA) is 69.4 Å². The molecular formula is C15H12ClF3NO4PS. The molecule has 0 bridgehead atoms. The van der Waals surface area contributed by atoms with Crippen molar-refractivity contribution in [1.29, 1.82) is 0 Å². The lowest BCUT2D eigenvalue weighted by Gasteiger charge is -2.13. The molecule has 0 aliphatic carbocycles.